The first-order valence-electron chi connectivity index (χ1n) is 8.98. The fraction of sp³-hybridized carbons (Fsp3) is 0.273. The summed E-state index contributed by atoms with van der Waals surface area (Å²) in [6, 6.07) is 19.7. The quantitative estimate of drug-likeness (QED) is 0.540. The van der Waals surface area contributed by atoms with E-state index in [9.17, 15) is 4.79 Å². The number of carbonyl (C=O) groups excluding carboxylic acids is 1. The van der Waals surface area contributed by atoms with Crippen LogP contribution in [0.25, 0.3) is 11.3 Å². The SMILES string of the molecule is COC(=O)C(C)(C)OCc1cc(-c2ccccc2)n(Cc2ccccc2Cl)n1. The number of hydrogen-bond acceptors (Lipinski definition) is 4. The standard InChI is InChI=1S/C22H23ClN2O3/c1-22(2,21(26)27-3)28-15-18-13-20(16-9-5-4-6-10-16)25(24-18)14-17-11-7-8-12-19(17)23/h4-13H,14-15H2,1-3H3. The zero-order valence-electron chi connectivity index (χ0n) is 16.2. The van der Waals surface area contributed by atoms with Crippen molar-refractivity contribution in [1.82, 2.24) is 9.78 Å². The maximum atomic E-state index is 11.8. The van der Waals surface area contributed by atoms with Crippen molar-refractivity contribution in [3.05, 3.63) is 76.9 Å². The van der Waals surface area contributed by atoms with Crippen molar-refractivity contribution in [3.8, 4) is 11.3 Å². The highest BCUT2D eigenvalue weighted by molar-refractivity contribution is 6.31. The molecule has 0 bridgehead atoms. The van der Waals surface area contributed by atoms with Crippen LogP contribution >= 0.6 is 11.6 Å². The van der Waals surface area contributed by atoms with E-state index in [2.05, 4.69) is 0 Å². The van der Waals surface area contributed by atoms with Crippen molar-refractivity contribution in [2.75, 3.05) is 7.11 Å². The van der Waals surface area contributed by atoms with Crippen molar-refractivity contribution in [2.45, 2.75) is 32.6 Å². The van der Waals surface area contributed by atoms with Crippen LogP contribution in [0.2, 0.25) is 5.02 Å². The van der Waals surface area contributed by atoms with Crippen molar-refractivity contribution in [1.29, 1.82) is 0 Å². The van der Waals surface area contributed by atoms with Crippen LogP contribution in [0.3, 0.4) is 0 Å². The molecule has 0 saturated carbocycles. The van der Waals surface area contributed by atoms with Gasteiger partial charge in [-0.15, -0.1) is 0 Å². The summed E-state index contributed by atoms with van der Waals surface area (Å²) in [6.45, 7) is 4.08. The molecule has 146 valence electrons. The van der Waals surface area contributed by atoms with Crippen LogP contribution in [0.4, 0.5) is 0 Å². The highest BCUT2D eigenvalue weighted by atomic mass is 35.5. The summed E-state index contributed by atoms with van der Waals surface area (Å²) in [6.07, 6.45) is 0. The van der Waals surface area contributed by atoms with E-state index in [1.807, 2.05) is 65.3 Å². The molecule has 0 fully saturated rings. The van der Waals surface area contributed by atoms with Crippen LogP contribution in [-0.4, -0.2) is 28.5 Å². The molecular formula is C22H23ClN2O3. The Morgan fingerprint density at radius 2 is 1.79 bits per heavy atom. The summed E-state index contributed by atoms with van der Waals surface area (Å²) < 4.78 is 12.5. The summed E-state index contributed by atoms with van der Waals surface area (Å²) in [5.41, 5.74) is 2.65. The largest absolute Gasteiger partial charge is 0.467 e. The van der Waals surface area contributed by atoms with Crippen LogP contribution < -0.4 is 0 Å². The van der Waals surface area contributed by atoms with Gasteiger partial charge in [0.25, 0.3) is 0 Å². The van der Waals surface area contributed by atoms with E-state index >= 15 is 0 Å². The molecule has 0 atom stereocenters. The van der Waals surface area contributed by atoms with E-state index in [1.54, 1.807) is 13.8 Å². The average Bonchev–Trinajstić information content (AvgIpc) is 3.11. The highest BCUT2D eigenvalue weighted by Gasteiger charge is 2.30. The molecule has 1 aromatic heterocycles. The Labute approximate surface area is 169 Å². The van der Waals surface area contributed by atoms with Crippen molar-refractivity contribution in [3.63, 3.8) is 0 Å². The predicted octanol–water partition coefficient (Wildman–Crippen LogP) is 4.72. The van der Waals surface area contributed by atoms with Gasteiger partial charge in [0.2, 0.25) is 0 Å². The van der Waals surface area contributed by atoms with Crippen LogP contribution in [0.5, 0.6) is 0 Å². The Kier molecular flexibility index (Phi) is 6.17. The lowest BCUT2D eigenvalue weighted by Crippen LogP contribution is -2.35. The Hall–Kier alpha value is -2.63. The van der Waals surface area contributed by atoms with Crippen LogP contribution in [0.15, 0.2) is 60.7 Å². The fourth-order valence-corrected chi connectivity index (χ4v) is 3.04. The molecule has 0 amide bonds. The summed E-state index contributed by atoms with van der Waals surface area (Å²) >= 11 is 6.33. The third-order valence-corrected chi connectivity index (χ3v) is 4.80. The van der Waals surface area contributed by atoms with Crippen molar-refractivity contribution < 1.29 is 14.3 Å². The van der Waals surface area contributed by atoms with Gasteiger partial charge in [0, 0.05) is 5.02 Å². The number of methoxy groups -OCH3 is 1. The first kappa shape index (κ1) is 20.1. The van der Waals surface area contributed by atoms with Crippen molar-refractivity contribution >= 4 is 17.6 Å². The van der Waals surface area contributed by atoms with E-state index in [1.165, 1.54) is 7.11 Å². The molecule has 0 aliphatic heterocycles. The second-order valence-corrected chi connectivity index (χ2v) is 7.33. The zero-order chi connectivity index (χ0) is 20.1. The number of carbonyl (C=O) groups is 1. The first-order valence-corrected chi connectivity index (χ1v) is 9.36. The molecule has 0 radical (unpaired) electrons. The molecule has 3 aromatic rings. The molecule has 0 N–H and O–H groups in total. The van der Waals surface area contributed by atoms with Gasteiger partial charge in [-0.25, -0.2) is 4.79 Å². The van der Waals surface area contributed by atoms with Gasteiger partial charge in [-0.05, 0) is 37.1 Å². The van der Waals surface area contributed by atoms with Gasteiger partial charge >= 0.3 is 5.97 Å². The van der Waals surface area contributed by atoms with Gasteiger partial charge in [-0.3, -0.25) is 4.68 Å². The number of esters is 1. The molecule has 0 unspecified atom stereocenters. The maximum Gasteiger partial charge on any atom is 0.337 e. The first-order chi connectivity index (χ1) is 13.4. The molecule has 1 heterocycles. The molecular weight excluding hydrogens is 376 g/mol. The molecule has 5 nitrogen and oxygen atoms in total. The Morgan fingerprint density at radius 3 is 2.46 bits per heavy atom. The highest BCUT2D eigenvalue weighted by Crippen LogP contribution is 2.25. The minimum atomic E-state index is -1.05. The molecule has 0 saturated heterocycles. The molecule has 0 spiro atoms. The predicted molar refractivity (Wildman–Crippen MR) is 109 cm³/mol. The third-order valence-electron chi connectivity index (χ3n) is 4.44. The van der Waals surface area contributed by atoms with Crippen LogP contribution in [0.1, 0.15) is 25.1 Å². The summed E-state index contributed by atoms with van der Waals surface area (Å²) in [5.74, 6) is -0.425. The number of rotatable bonds is 7. The minimum absolute atomic E-state index is 0.192. The molecule has 3 rings (SSSR count). The second kappa shape index (κ2) is 8.59. The minimum Gasteiger partial charge on any atom is -0.467 e. The fourth-order valence-electron chi connectivity index (χ4n) is 2.85. The van der Waals surface area contributed by atoms with Crippen LogP contribution in [-0.2, 0) is 27.4 Å². The number of aromatic nitrogens is 2. The van der Waals surface area contributed by atoms with Gasteiger partial charge in [-0.1, -0.05) is 60.1 Å². The van der Waals surface area contributed by atoms with Gasteiger partial charge in [0.15, 0.2) is 5.60 Å². The molecule has 6 heteroatoms. The van der Waals surface area contributed by atoms with E-state index in [4.69, 9.17) is 26.2 Å². The molecule has 2 aromatic carbocycles. The smallest absolute Gasteiger partial charge is 0.337 e. The van der Waals surface area contributed by atoms with Gasteiger partial charge < -0.3 is 9.47 Å². The third kappa shape index (κ3) is 4.61. The average molecular weight is 399 g/mol. The zero-order valence-corrected chi connectivity index (χ0v) is 16.9. The molecule has 28 heavy (non-hydrogen) atoms. The Morgan fingerprint density at radius 1 is 1.11 bits per heavy atom. The van der Waals surface area contributed by atoms with Crippen LogP contribution in [0, 0.1) is 0 Å². The number of halogens is 1. The Bertz CT molecular complexity index is 951. The van der Waals surface area contributed by atoms with E-state index in [-0.39, 0.29) is 6.61 Å². The lowest BCUT2D eigenvalue weighted by Gasteiger charge is -2.21. The van der Waals surface area contributed by atoms with Crippen molar-refractivity contribution in [2.24, 2.45) is 0 Å². The number of hydrogen-bond donors (Lipinski definition) is 0. The van der Waals surface area contributed by atoms with E-state index in [0.29, 0.717) is 11.6 Å². The van der Waals surface area contributed by atoms with Gasteiger partial charge in [0.05, 0.1) is 31.6 Å². The summed E-state index contributed by atoms with van der Waals surface area (Å²) in [5, 5.41) is 5.39. The molecule has 0 aliphatic carbocycles. The summed E-state index contributed by atoms with van der Waals surface area (Å²) in [7, 11) is 1.35. The topological polar surface area (TPSA) is 53.4 Å². The number of nitrogens with zero attached hydrogens (tertiary/aromatic N) is 2. The lowest BCUT2D eigenvalue weighted by molar-refractivity contribution is -0.166. The lowest BCUT2D eigenvalue weighted by atomic mass is 10.1. The van der Waals surface area contributed by atoms with E-state index in [0.717, 1.165) is 22.5 Å². The Balaban J connectivity index is 1.90. The maximum absolute atomic E-state index is 11.8. The van der Waals surface area contributed by atoms with Gasteiger partial charge in [0.1, 0.15) is 0 Å². The monoisotopic (exact) mass is 398 g/mol. The summed E-state index contributed by atoms with van der Waals surface area (Å²) in [4.78, 5) is 11.8. The van der Waals surface area contributed by atoms with E-state index < -0.39 is 11.6 Å². The van der Waals surface area contributed by atoms with Gasteiger partial charge in [-0.2, -0.15) is 5.10 Å². The molecule has 0 aliphatic rings. The number of ether oxygens (including phenoxy) is 2. The number of benzene rings is 2. The normalized spacial score (nSPS) is 11.4. The second-order valence-electron chi connectivity index (χ2n) is 6.93.